The van der Waals surface area contributed by atoms with E-state index in [1.165, 1.54) is 0 Å². The molecule has 0 radical (unpaired) electrons. The Morgan fingerprint density at radius 2 is 2.00 bits per heavy atom. The first-order chi connectivity index (χ1) is 8.24. The Bertz CT molecular complexity index is 336. The van der Waals surface area contributed by atoms with Gasteiger partial charge in [0.1, 0.15) is 12.2 Å². The monoisotopic (exact) mass is 258 g/mol. The number of methoxy groups -OCH3 is 1. The average Bonchev–Trinajstić information content (AvgIpc) is 2.71. The van der Waals surface area contributed by atoms with Crippen LogP contribution in [0.5, 0.6) is 0 Å². The molecule has 0 bridgehead atoms. The molecule has 18 heavy (non-hydrogen) atoms. The zero-order valence-electron chi connectivity index (χ0n) is 11.7. The first-order valence-electron chi connectivity index (χ1n) is 6.13. The molecular formula is C13H22O5. The molecule has 2 aliphatic heterocycles. The summed E-state index contributed by atoms with van der Waals surface area (Å²) in [4.78, 5) is 0. The number of hydrogen-bond donors (Lipinski definition) is 0. The van der Waals surface area contributed by atoms with Crippen molar-refractivity contribution in [3.05, 3.63) is 12.2 Å². The lowest BCUT2D eigenvalue weighted by Crippen LogP contribution is -2.33. The van der Waals surface area contributed by atoms with E-state index in [9.17, 15) is 0 Å². The van der Waals surface area contributed by atoms with Crippen LogP contribution in [0.4, 0.5) is 0 Å². The van der Waals surface area contributed by atoms with E-state index in [4.69, 9.17) is 23.7 Å². The predicted molar refractivity (Wildman–Crippen MR) is 64.9 cm³/mol. The van der Waals surface area contributed by atoms with Crippen molar-refractivity contribution in [1.29, 1.82) is 0 Å². The molecule has 0 saturated carbocycles. The molecule has 2 fully saturated rings. The van der Waals surface area contributed by atoms with Crippen LogP contribution in [0.2, 0.25) is 0 Å². The van der Waals surface area contributed by atoms with Gasteiger partial charge < -0.3 is 23.7 Å². The summed E-state index contributed by atoms with van der Waals surface area (Å²) in [6.07, 6.45) is -0.809. The van der Waals surface area contributed by atoms with Crippen LogP contribution in [-0.4, -0.2) is 43.8 Å². The van der Waals surface area contributed by atoms with E-state index in [2.05, 4.69) is 6.58 Å². The van der Waals surface area contributed by atoms with E-state index in [1.807, 2.05) is 27.7 Å². The number of hydrogen-bond acceptors (Lipinski definition) is 5. The van der Waals surface area contributed by atoms with Gasteiger partial charge in [-0.25, -0.2) is 0 Å². The van der Waals surface area contributed by atoms with E-state index >= 15 is 0 Å². The van der Waals surface area contributed by atoms with E-state index in [1.54, 1.807) is 7.11 Å². The lowest BCUT2D eigenvalue weighted by molar-refractivity contribution is -0.232. The molecule has 2 saturated heterocycles. The molecule has 2 heterocycles. The molecule has 0 spiro atoms. The van der Waals surface area contributed by atoms with Gasteiger partial charge in [-0.05, 0) is 33.3 Å². The van der Waals surface area contributed by atoms with Crippen LogP contribution >= 0.6 is 0 Å². The Labute approximate surface area is 108 Å². The summed E-state index contributed by atoms with van der Waals surface area (Å²) in [5.74, 6) is -1.25. The van der Waals surface area contributed by atoms with E-state index in [0.29, 0.717) is 6.61 Å². The fourth-order valence-electron chi connectivity index (χ4n) is 1.99. The molecule has 0 amide bonds. The highest BCUT2D eigenvalue weighted by Crippen LogP contribution is 2.39. The van der Waals surface area contributed by atoms with Gasteiger partial charge in [-0.2, -0.15) is 0 Å². The quantitative estimate of drug-likeness (QED) is 0.568. The summed E-state index contributed by atoms with van der Waals surface area (Å²) in [6, 6.07) is 0. The standard InChI is InChI=1S/C13H22O5/c1-8-9(7-15-12(2,3)14-6)16-11-10(8)17-13(4,5)18-11/h9-11H,1,7H2,2-6H3/t9-,10+,11+/m0/s1. The van der Waals surface area contributed by atoms with Gasteiger partial charge in [0.25, 0.3) is 0 Å². The van der Waals surface area contributed by atoms with Crippen molar-refractivity contribution >= 4 is 0 Å². The van der Waals surface area contributed by atoms with Crippen LogP contribution in [-0.2, 0) is 23.7 Å². The van der Waals surface area contributed by atoms with E-state index in [0.717, 1.165) is 5.57 Å². The van der Waals surface area contributed by atoms with Crippen LogP contribution in [0.1, 0.15) is 27.7 Å². The summed E-state index contributed by atoms with van der Waals surface area (Å²) in [7, 11) is 1.60. The molecule has 0 aliphatic carbocycles. The van der Waals surface area contributed by atoms with Gasteiger partial charge in [-0.1, -0.05) is 6.58 Å². The Hall–Kier alpha value is -0.460. The SMILES string of the molecule is C=C1[C@H](COC(C)(C)OC)O[C@@H]2OC(C)(C)O[C@H]12. The van der Waals surface area contributed by atoms with Gasteiger partial charge in [-0.3, -0.25) is 0 Å². The fraction of sp³-hybridized carbons (Fsp3) is 0.846. The Balaban J connectivity index is 1.90. The highest BCUT2D eigenvalue weighted by atomic mass is 16.8. The fourth-order valence-corrected chi connectivity index (χ4v) is 1.99. The van der Waals surface area contributed by atoms with Gasteiger partial charge >= 0.3 is 0 Å². The molecule has 0 aromatic heterocycles. The van der Waals surface area contributed by atoms with E-state index < -0.39 is 11.6 Å². The van der Waals surface area contributed by atoms with Crippen LogP contribution in [0, 0.1) is 0 Å². The molecule has 2 rings (SSSR count). The second-order valence-corrected chi connectivity index (χ2v) is 5.54. The largest absolute Gasteiger partial charge is 0.354 e. The zero-order valence-corrected chi connectivity index (χ0v) is 11.7. The minimum Gasteiger partial charge on any atom is -0.354 e. The van der Waals surface area contributed by atoms with Crippen molar-refractivity contribution in [3.8, 4) is 0 Å². The van der Waals surface area contributed by atoms with E-state index in [-0.39, 0.29) is 18.5 Å². The third-order valence-electron chi connectivity index (χ3n) is 3.21. The molecular weight excluding hydrogens is 236 g/mol. The maximum atomic E-state index is 5.75. The smallest absolute Gasteiger partial charge is 0.191 e. The van der Waals surface area contributed by atoms with Gasteiger partial charge in [0.05, 0.1) is 6.61 Å². The highest BCUT2D eigenvalue weighted by Gasteiger charge is 2.51. The number of ether oxygens (including phenoxy) is 5. The van der Waals surface area contributed by atoms with Crippen molar-refractivity contribution in [1.82, 2.24) is 0 Å². The third kappa shape index (κ3) is 2.75. The summed E-state index contributed by atoms with van der Waals surface area (Å²) in [6.45, 7) is 11.8. The predicted octanol–water partition coefficient (Wildman–Crippen LogP) is 1.82. The Kier molecular flexibility index (Phi) is 3.55. The molecule has 0 aromatic rings. The minimum absolute atomic E-state index is 0.209. The summed E-state index contributed by atoms with van der Waals surface area (Å²) < 4.78 is 27.9. The van der Waals surface area contributed by atoms with Crippen LogP contribution in [0.15, 0.2) is 12.2 Å². The molecule has 3 atom stereocenters. The second kappa shape index (κ2) is 4.58. The summed E-state index contributed by atoms with van der Waals surface area (Å²) >= 11 is 0. The van der Waals surface area contributed by atoms with Gasteiger partial charge in [-0.15, -0.1) is 0 Å². The summed E-state index contributed by atoms with van der Waals surface area (Å²) in [5.41, 5.74) is 0.859. The van der Waals surface area contributed by atoms with Crippen LogP contribution in [0.25, 0.3) is 0 Å². The molecule has 5 heteroatoms. The summed E-state index contributed by atoms with van der Waals surface area (Å²) in [5, 5.41) is 0. The first kappa shape index (κ1) is 14.0. The highest BCUT2D eigenvalue weighted by molar-refractivity contribution is 5.17. The van der Waals surface area contributed by atoms with Gasteiger partial charge in [0.2, 0.25) is 0 Å². The zero-order chi connectivity index (χ0) is 13.6. The third-order valence-corrected chi connectivity index (χ3v) is 3.21. The number of fused-ring (bicyclic) bond motifs is 1. The van der Waals surface area contributed by atoms with Crippen molar-refractivity contribution in [3.63, 3.8) is 0 Å². The molecule has 2 aliphatic rings. The van der Waals surface area contributed by atoms with Crippen molar-refractivity contribution < 1.29 is 23.7 Å². The molecule has 5 nitrogen and oxygen atoms in total. The lowest BCUT2D eigenvalue weighted by Gasteiger charge is -2.26. The Morgan fingerprint density at radius 1 is 1.33 bits per heavy atom. The lowest BCUT2D eigenvalue weighted by atomic mass is 10.1. The molecule has 0 N–H and O–H groups in total. The molecule has 0 unspecified atom stereocenters. The first-order valence-corrected chi connectivity index (χ1v) is 6.13. The maximum absolute atomic E-state index is 5.75. The topological polar surface area (TPSA) is 46.2 Å². The Morgan fingerprint density at radius 3 is 2.56 bits per heavy atom. The maximum Gasteiger partial charge on any atom is 0.191 e. The molecule has 104 valence electrons. The minimum atomic E-state index is -0.637. The second-order valence-electron chi connectivity index (χ2n) is 5.54. The van der Waals surface area contributed by atoms with Gasteiger partial charge in [0, 0.05) is 7.11 Å². The van der Waals surface area contributed by atoms with Crippen LogP contribution < -0.4 is 0 Å². The normalized spacial score (nSPS) is 34.9. The van der Waals surface area contributed by atoms with Gasteiger partial charge in [0.15, 0.2) is 17.9 Å². The van der Waals surface area contributed by atoms with Crippen molar-refractivity contribution in [2.45, 2.75) is 57.8 Å². The van der Waals surface area contributed by atoms with Crippen molar-refractivity contribution in [2.75, 3.05) is 13.7 Å². The molecule has 0 aromatic carbocycles. The van der Waals surface area contributed by atoms with Crippen LogP contribution in [0.3, 0.4) is 0 Å². The average molecular weight is 258 g/mol. The number of rotatable bonds is 4. The van der Waals surface area contributed by atoms with Crippen molar-refractivity contribution in [2.24, 2.45) is 0 Å².